The smallest absolute Gasteiger partial charge is 0.173 e. The molecular weight excluding hydrogens is 304 g/mol. The molecule has 5 nitrogen and oxygen atoms in total. The topological polar surface area (TPSA) is 50.3 Å². The molecule has 3 heterocycles. The predicted molar refractivity (Wildman–Crippen MR) is 88.8 cm³/mol. The van der Waals surface area contributed by atoms with Gasteiger partial charge in [-0.15, -0.1) is 22.7 Å². The number of hydrogen-bond donors (Lipinski definition) is 1. The first kappa shape index (κ1) is 14.4. The van der Waals surface area contributed by atoms with E-state index in [1.54, 1.807) is 29.8 Å². The number of rotatable bonds is 5. The number of thiophene rings is 2. The summed E-state index contributed by atoms with van der Waals surface area (Å²) in [5.74, 6) is 1.58. The molecule has 110 valence electrons. The first-order chi connectivity index (χ1) is 10.2. The summed E-state index contributed by atoms with van der Waals surface area (Å²) in [5, 5.41) is 7.04. The second-order valence-corrected chi connectivity index (χ2v) is 6.56. The van der Waals surface area contributed by atoms with Gasteiger partial charge in [-0.3, -0.25) is 0 Å². The Morgan fingerprint density at radius 1 is 1.29 bits per heavy atom. The third kappa shape index (κ3) is 2.91. The van der Waals surface area contributed by atoms with Crippen molar-refractivity contribution < 1.29 is 4.74 Å². The summed E-state index contributed by atoms with van der Waals surface area (Å²) in [6.07, 6.45) is 0. The number of fused-ring (bicyclic) bond motifs is 1. The van der Waals surface area contributed by atoms with E-state index in [2.05, 4.69) is 10.8 Å². The Labute approximate surface area is 131 Å². The van der Waals surface area contributed by atoms with Crippen molar-refractivity contribution in [1.29, 1.82) is 0 Å². The Balaban J connectivity index is 2.17. The van der Waals surface area contributed by atoms with Crippen molar-refractivity contribution in [3.8, 4) is 10.7 Å². The van der Waals surface area contributed by atoms with Crippen LogP contribution in [0.25, 0.3) is 20.9 Å². The number of hydrazine groups is 1. The van der Waals surface area contributed by atoms with Gasteiger partial charge in [-0.05, 0) is 16.8 Å². The van der Waals surface area contributed by atoms with E-state index in [1.165, 1.54) is 0 Å². The zero-order chi connectivity index (χ0) is 14.8. The molecule has 0 fully saturated rings. The molecule has 0 aliphatic heterocycles. The second kappa shape index (κ2) is 6.07. The number of methoxy groups -OCH3 is 1. The molecule has 0 amide bonds. The fourth-order valence-electron chi connectivity index (χ4n) is 2.07. The third-order valence-corrected chi connectivity index (χ3v) is 4.67. The molecule has 7 heteroatoms. The van der Waals surface area contributed by atoms with Crippen molar-refractivity contribution in [2.75, 3.05) is 26.6 Å². The van der Waals surface area contributed by atoms with E-state index >= 15 is 0 Å². The van der Waals surface area contributed by atoms with E-state index in [9.17, 15) is 0 Å². The standard InChI is InChI=1S/C14H16N4OS2/c1-18(2)17-13-11-9(7-19-3)8-21-14(11)16-12(15-13)10-5-4-6-20-10/h4-6,8H,7H2,1-3H3,(H,15,16,17). The van der Waals surface area contributed by atoms with E-state index in [0.717, 1.165) is 32.3 Å². The zero-order valence-corrected chi connectivity index (χ0v) is 13.7. The van der Waals surface area contributed by atoms with Crippen molar-refractivity contribution in [1.82, 2.24) is 15.0 Å². The van der Waals surface area contributed by atoms with E-state index in [0.29, 0.717) is 6.61 Å². The highest BCUT2D eigenvalue weighted by Crippen LogP contribution is 2.33. The van der Waals surface area contributed by atoms with Crippen LogP contribution >= 0.6 is 22.7 Å². The Hall–Kier alpha value is -1.54. The van der Waals surface area contributed by atoms with E-state index < -0.39 is 0 Å². The van der Waals surface area contributed by atoms with Crippen LogP contribution in [0.5, 0.6) is 0 Å². The van der Waals surface area contributed by atoms with Gasteiger partial charge in [-0.1, -0.05) is 6.07 Å². The maximum Gasteiger partial charge on any atom is 0.173 e. The van der Waals surface area contributed by atoms with Gasteiger partial charge in [-0.25, -0.2) is 15.0 Å². The minimum Gasteiger partial charge on any atom is -0.380 e. The summed E-state index contributed by atoms with van der Waals surface area (Å²) in [6.45, 7) is 0.559. The number of hydrogen-bond acceptors (Lipinski definition) is 7. The predicted octanol–water partition coefficient (Wildman–Crippen LogP) is 3.45. The molecule has 0 unspecified atom stereocenters. The first-order valence-corrected chi connectivity index (χ1v) is 8.20. The molecule has 0 atom stereocenters. The maximum atomic E-state index is 5.27. The highest BCUT2D eigenvalue weighted by Gasteiger charge is 2.15. The average Bonchev–Trinajstić information content (AvgIpc) is 3.08. The minimum atomic E-state index is 0.559. The van der Waals surface area contributed by atoms with Crippen LogP contribution in [0.1, 0.15) is 5.56 Å². The molecule has 0 saturated carbocycles. The van der Waals surface area contributed by atoms with Crippen molar-refractivity contribution in [2.24, 2.45) is 0 Å². The van der Waals surface area contributed by atoms with E-state index in [-0.39, 0.29) is 0 Å². The van der Waals surface area contributed by atoms with Gasteiger partial charge in [0.25, 0.3) is 0 Å². The van der Waals surface area contributed by atoms with Crippen molar-refractivity contribution in [3.63, 3.8) is 0 Å². The van der Waals surface area contributed by atoms with Crippen molar-refractivity contribution in [2.45, 2.75) is 6.61 Å². The van der Waals surface area contributed by atoms with Crippen LogP contribution in [0.15, 0.2) is 22.9 Å². The number of anilines is 1. The van der Waals surface area contributed by atoms with Crippen LogP contribution in [0, 0.1) is 0 Å². The second-order valence-electron chi connectivity index (χ2n) is 4.75. The van der Waals surface area contributed by atoms with Crippen LogP contribution in [-0.2, 0) is 11.3 Å². The summed E-state index contributed by atoms with van der Waals surface area (Å²) in [5.41, 5.74) is 4.38. The lowest BCUT2D eigenvalue weighted by molar-refractivity contribution is 0.186. The lowest BCUT2D eigenvalue weighted by Crippen LogP contribution is -2.21. The SMILES string of the molecule is COCc1csc2nc(-c3cccs3)nc(NN(C)C)c12. The quantitative estimate of drug-likeness (QED) is 0.730. The number of nitrogens with one attached hydrogen (secondary N) is 1. The fourth-order valence-corrected chi connectivity index (χ4v) is 3.65. The molecule has 0 aliphatic rings. The highest BCUT2D eigenvalue weighted by atomic mass is 32.1. The summed E-state index contributed by atoms with van der Waals surface area (Å²) in [6, 6.07) is 4.05. The molecule has 0 radical (unpaired) electrons. The minimum absolute atomic E-state index is 0.559. The number of nitrogens with zero attached hydrogens (tertiary/aromatic N) is 3. The fraction of sp³-hybridized carbons (Fsp3) is 0.286. The summed E-state index contributed by atoms with van der Waals surface area (Å²) < 4.78 is 5.27. The first-order valence-electron chi connectivity index (χ1n) is 6.44. The Morgan fingerprint density at radius 3 is 2.81 bits per heavy atom. The molecule has 0 saturated heterocycles. The van der Waals surface area contributed by atoms with Crippen LogP contribution in [0.2, 0.25) is 0 Å². The summed E-state index contributed by atoms with van der Waals surface area (Å²) in [4.78, 5) is 11.4. The molecule has 1 N–H and O–H groups in total. The molecule has 3 rings (SSSR count). The van der Waals surface area contributed by atoms with Crippen LogP contribution in [0.4, 0.5) is 5.82 Å². The molecule has 0 aliphatic carbocycles. The molecule has 0 aromatic carbocycles. The lowest BCUT2D eigenvalue weighted by atomic mass is 10.2. The van der Waals surface area contributed by atoms with Crippen LogP contribution < -0.4 is 5.43 Å². The molecular formula is C14H16N4OS2. The summed E-state index contributed by atoms with van der Waals surface area (Å²) in [7, 11) is 5.59. The van der Waals surface area contributed by atoms with E-state index in [4.69, 9.17) is 14.7 Å². The van der Waals surface area contributed by atoms with Crippen LogP contribution in [-0.4, -0.2) is 36.2 Å². The van der Waals surface area contributed by atoms with Gasteiger partial charge in [0.1, 0.15) is 4.83 Å². The normalized spacial score (nSPS) is 11.4. The van der Waals surface area contributed by atoms with Crippen molar-refractivity contribution >= 4 is 38.7 Å². The lowest BCUT2D eigenvalue weighted by Gasteiger charge is -2.15. The molecule has 3 aromatic rings. The van der Waals surface area contributed by atoms with Gasteiger partial charge in [0.2, 0.25) is 0 Å². The monoisotopic (exact) mass is 320 g/mol. The van der Waals surface area contributed by atoms with E-state index in [1.807, 2.05) is 36.6 Å². The summed E-state index contributed by atoms with van der Waals surface area (Å²) >= 11 is 3.26. The van der Waals surface area contributed by atoms with Gasteiger partial charge in [0, 0.05) is 26.8 Å². The molecule has 3 aromatic heterocycles. The Bertz CT molecular complexity index is 737. The Kier molecular flexibility index (Phi) is 4.16. The van der Waals surface area contributed by atoms with Crippen molar-refractivity contribution in [3.05, 3.63) is 28.5 Å². The van der Waals surface area contributed by atoms with Gasteiger partial charge >= 0.3 is 0 Å². The van der Waals surface area contributed by atoms with Gasteiger partial charge in [0.05, 0.1) is 16.9 Å². The number of aromatic nitrogens is 2. The zero-order valence-electron chi connectivity index (χ0n) is 12.1. The number of ether oxygens (including phenoxy) is 1. The van der Waals surface area contributed by atoms with Gasteiger partial charge < -0.3 is 10.2 Å². The molecule has 21 heavy (non-hydrogen) atoms. The molecule has 0 bridgehead atoms. The van der Waals surface area contributed by atoms with Crippen LogP contribution in [0.3, 0.4) is 0 Å². The Morgan fingerprint density at radius 2 is 2.14 bits per heavy atom. The molecule has 0 spiro atoms. The maximum absolute atomic E-state index is 5.27. The average molecular weight is 320 g/mol. The largest absolute Gasteiger partial charge is 0.380 e. The van der Waals surface area contributed by atoms with Gasteiger partial charge in [-0.2, -0.15) is 0 Å². The third-order valence-electron chi connectivity index (χ3n) is 2.88. The highest BCUT2D eigenvalue weighted by molar-refractivity contribution is 7.17. The van der Waals surface area contributed by atoms with Gasteiger partial charge in [0.15, 0.2) is 11.6 Å².